The van der Waals surface area contributed by atoms with Crippen LogP contribution in [0, 0.1) is 12.7 Å². The summed E-state index contributed by atoms with van der Waals surface area (Å²) in [6.07, 6.45) is 0.949. The minimum Gasteiger partial charge on any atom is -0.481 e. The van der Waals surface area contributed by atoms with Crippen molar-refractivity contribution in [2.75, 3.05) is 0 Å². The Morgan fingerprint density at radius 2 is 2.13 bits per heavy atom. The van der Waals surface area contributed by atoms with E-state index in [0.717, 1.165) is 0 Å². The highest BCUT2D eigenvalue weighted by molar-refractivity contribution is 6.31. The molecule has 0 aliphatic rings. The Hall–Kier alpha value is -2.34. The second-order valence-corrected chi connectivity index (χ2v) is 5.56. The molecule has 2 N–H and O–H groups in total. The number of hydrogen-bond donors (Lipinski definition) is 2. The summed E-state index contributed by atoms with van der Waals surface area (Å²) >= 11 is 5.98. The van der Waals surface area contributed by atoms with E-state index in [9.17, 15) is 14.0 Å². The lowest BCUT2D eigenvalue weighted by Crippen LogP contribution is -2.28. The molecule has 0 radical (unpaired) electrons. The van der Waals surface area contributed by atoms with Gasteiger partial charge >= 0.3 is 5.97 Å². The highest BCUT2D eigenvalue weighted by Crippen LogP contribution is 2.25. The van der Waals surface area contributed by atoms with Gasteiger partial charge in [-0.3, -0.25) is 9.59 Å². The summed E-state index contributed by atoms with van der Waals surface area (Å²) in [4.78, 5) is 23.2. The second-order valence-electron chi connectivity index (χ2n) is 5.15. The Morgan fingerprint density at radius 3 is 2.74 bits per heavy atom. The number of hydrogen-bond acceptors (Lipinski definition) is 3. The van der Waals surface area contributed by atoms with Crippen LogP contribution in [0.25, 0.3) is 0 Å². The van der Waals surface area contributed by atoms with Gasteiger partial charge in [0.05, 0.1) is 17.9 Å². The second kappa shape index (κ2) is 6.83. The van der Waals surface area contributed by atoms with Gasteiger partial charge in [0.1, 0.15) is 18.0 Å². The van der Waals surface area contributed by atoms with Crippen molar-refractivity contribution in [3.8, 4) is 0 Å². The average Bonchev–Trinajstić information content (AvgIpc) is 2.78. The number of carboxylic acids is 1. The topological polar surface area (TPSA) is 79.5 Å². The summed E-state index contributed by atoms with van der Waals surface area (Å²) in [6, 6.07) is 3.42. The maximum atomic E-state index is 13.1. The molecule has 0 bridgehead atoms. The van der Waals surface area contributed by atoms with Gasteiger partial charge in [0.15, 0.2) is 0 Å². The van der Waals surface area contributed by atoms with Crippen LogP contribution in [0.2, 0.25) is 5.02 Å². The Morgan fingerprint density at radius 1 is 1.43 bits per heavy atom. The molecule has 5 nitrogen and oxygen atoms in total. The van der Waals surface area contributed by atoms with Crippen LogP contribution >= 0.6 is 11.6 Å². The monoisotopic (exact) mass is 339 g/mol. The third-order valence-corrected chi connectivity index (χ3v) is 3.69. The fourth-order valence-electron chi connectivity index (χ4n) is 2.27. The van der Waals surface area contributed by atoms with Gasteiger partial charge in [-0.25, -0.2) is 4.39 Å². The number of benzene rings is 1. The molecule has 2 rings (SSSR count). The molecule has 7 heteroatoms. The van der Waals surface area contributed by atoms with Crippen molar-refractivity contribution in [3.05, 3.63) is 57.8 Å². The summed E-state index contributed by atoms with van der Waals surface area (Å²) in [7, 11) is 0. The van der Waals surface area contributed by atoms with Gasteiger partial charge in [-0.15, -0.1) is 0 Å². The van der Waals surface area contributed by atoms with Crippen molar-refractivity contribution in [3.63, 3.8) is 0 Å². The number of carboxylic acid groups (broad SMARTS) is 1. The van der Waals surface area contributed by atoms with E-state index in [-0.39, 0.29) is 22.8 Å². The van der Waals surface area contributed by atoms with E-state index in [1.54, 1.807) is 13.8 Å². The molecule has 0 saturated carbocycles. The van der Waals surface area contributed by atoms with Crippen molar-refractivity contribution in [1.29, 1.82) is 0 Å². The smallest absolute Gasteiger partial charge is 0.311 e. The fraction of sp³-hybridized carbons (Fsp3) is 0.250. The summed E-state index contributed by atoms with van der Waals surface area (Å²) in [5, 5.41) is 11.8. The lowest BCUT2D eigenvalue weighted by atomic mass is 10.1. The lowest BCUT2D eigenvalue weighted by Gasteiger charge is -2.16. The Kier molecular flexibility index (Phi) is 5.05. The number of carbonyl (C=O) groups excluding carboxylic acids is 1. The van der Waals surface area contributed by atoms with E-state index in [1.165, 1.54) is 24.5 Å². The molecule has 122 valence electrons. The van der Waals surface area contributed by atoms with Gasteiger partial charge in [0, 0.05) is 10.6 Å². The molecule has 1 aromatic carbocycles. The Balaban J connectivity index is 2.22. The zero-order chi connectivity index (χ0) is 17.1. The number of aryl methyl sites for hydroxylation is 1. The molecule has 0 spiro atoms. The predicted molar refractivity (Wildman–Crippen MR) is 82.1 cm³/mol. The van der Waals surface area contributed by atoms with Crippen LogP contribution < -0.4 is 5.32 Å². The first-order chi connectivity index (χ1) is 10.8. The van der Waals surface area contributed by atoms with Gasteiger partial charge < -0.3 is 14.8 Å². The fourth-order valence-corrected chi connectivity index (χ4v) is 2.60. The Bertz CT molecular complexity index is 757. The molecule has 0 saturated heterocycles. The van der Waals surface area contributed by atoms with Gasteiger partial charge in [0.2, 0.25) is 0 Å². The molecule has 1 heterocycles. The molecule has 23 heavy (non-hydrogen) atoms. The van der Waals surface area contributed by atoms with Gasteiger partial charge in [-0.2, -0.15) is 0 Å². The molecular weight excluding hydrogens is 325 g/mol. The number of amides is 1. The largest absolute Gasteiger partial charge is 0.481 e. The first kappa shape index (κ1) is 17.0. The van der Waals surface area contributed by atoms with Crippen LogP contribution in [0.1, 0.15) is 40.2 Å². The highest BCUT2D eigenvalue weighted by atomic mass is 35.5. The van der Waals surface area contributed by atoms with E-state index < -0.39 is 23.7 Å². The molecule has 0 aliphatic heterocycles. The third-order valence-electron chi connectivity index (χ3n) is 3.37. The summed E-state index contributed by atoms with van der Waals surface area (Å²) in [5.74, 6) is -1.94. The standard InChI is InChI=1S/C16H15ClFNO4/c1-8-7-23-13(6-14(20)21)15(8)16(22)19-9(2)11-4-3-10(18)5-12(11)17/h3-5,7,9H,6H2,1-2H3,(H,19,22)(H,20,21). The SMILES string of the molecule is Cc1coc(CC(=O)O)c1C(=O)NC(C)c1ccc(F)cc1Cl. The first-order valence-electron chi connectivity index (χ1n) is 6.84. The van der Waals surface area contributed by atoms with Crippen LogP contribution in [-0.2, 0) is 11.2 Å². The minimum atomic E-state index is -1.09. The summed E-state index contributed by atoms with van der Waals surface area (Å²) in [5.41, 5.74) is 1.29. The molecule has 1 atom stereocenters. The number of rotatable bonds is 5. The van der Waals surface area contributed by atoms with Crippen molar-refractivity contribution in [1.82, 2.24) is 5.32 Å². The lowest BCUT2D eigenvalue weighted by molar-refractivity contribution is -0.136. The minimum absolute atomic E-state index is 0.0879. The molecule has 0 aliphatic carbocycles. The predicted octanol–water partition coefficient (Wildman–Crippen LogP) is 3.50. The van der Waals surface area contributed by atoms with Crippen molar-refractivity contribution in [2.45, 2.75) is 26.3 Å². The average molecular weight is 340 g/mol. The number of halogens is 2. The number of carbonyl (C=O) groups is 2. The zero-order valence-electron chi connectivity index (χ0n) is 12.5. The molecular formula is C16H15ClFNO4. The maximum Gasteiger partial charge on any atom is 0.311 e. The van der Waals surface area contributed by atoms with Gasteiger partial charge in [-0.1, -0.05) is 17.7 Å². The van der Waals surface area contributed by atoms with Gasteiger partial charge in [-0.05, 0) is 31.5 Å². The van der Waals surface area contributed by atoms with Crippen molar-refractivity contribution in [2.24, 2.45) is 0 Å². The number of aliphatic carboxylic acids is 1. The van der Waals surface area contributed by atoms with E-state index in [1.807, 2.05) is 0 Å². The quantitative estimate of drug-likeness (QED) is 0.873. The van der Waals surface area contributed by atoms with Gasteiger partial charge in [0.25, 0.3) is 5.91 Å². The van der Waals surface area contributed by atoms with Crippen LogP contribution in [0.4, 0.5) is 4.39 Å². The molecule has 1 amide bonds. The molecule has 0 fully saturated rings. The van der Waals surface area contributed by atoms with Crippen molar-refractivity contribution >= 4 is 23.5 Å². The zero-order valence-corrected chi connectivity index (χ0v) is 13.3. The van der Waals surface area contributed by atoms with E-state index in [4.69, 9.17) is 21.1 Å². The Labute approximate surface area is 137 Å². The first-order valence-corrected chi connectivity index (χ1v) is 7.22. The van der Waals surface area contributed by atoms with E-state index in [0.29, 0.717) is 11.1 Å². The maximum absolute atomic E-state index is 13.1. The normalized spacial score (nSPS) is 12.0. The van der Waals surface area contributed by atoms with Crippen molar-refractivity contribution < 1.29 is 23.5 Å². The van der Waals surface area contributed by atoms with E-state index in [2.05, 4.69) is 5.32 Å². The molecule has 1 unspecified atom stereocenters. The third kappa shape index (κ3) is 3.90. The van der Waals surface area contributed by atoms with Crippen LogP contribution in [0.3, 0.4) is 0 Å². The number of nitrogens with one attached hydrogen (secondary N) is 1. The van der Waals surface area contributed by atoms with Crippen LogP contribution in [0.15, 0.2) is 28.9 Å². The van der Waals surface area contributed by atoms with Crippen LogP contribution in [0.5, 0.6) is 0 Å². The molecule has 2 aromatic rings. The number of furan rings is 1. The van der Waals surface area contributed by atoms with Crippen LogP contribution in [-0.4, -0.2) is 17.0 Å². The summed E-state index contributed by atoms with van der Waals surface area (Å²) < 4.78 is 18.2. The van der Waals surface area contributed by atoms with E-state index >= 15 is 0 Å². The highest BCUT2D eigenvalue weighted by Gasteiger charge is 2.22. The molecule has 1 aromatic heterocycles. The summed E-state index contributed by atoms with van der Waals surface area (Å²) in [6.45, 7) is 3.35.